The van der Waals surface area contributed by atoms with Gasteiger partial charge in [0.05, 0.1) is 24.9 Å². The van der Waals surface area contributed by atoms with E-state index in [0.717, 1.165) is 16.3 Å². The Labute approximate surface area is 220 Å². The first-order valence-electron chi connectivity index (χ1n) is 12.1. The fourth-order valence-corrected chi connectivity index (χ4v) is 3.80. The fraction of sp³-hybridized carbons (Fsp3) is 0.133. The SMILES string of the molecule is CCOc1ccc(C(=O)Oc2ccc3ccccc3c2/C=N/NC(=O)CNC(=O)c2ccccc2C)cc1. The molecule has 4 rings (SSSR count). The number of amides is 2. The van der Waals surface area contributed by atoms with Crippen molar-refractivity contribution < 1.29 is 23.9 Å². The molecule has 8 heteroatoms. The van der Waals surface area contributed by atoms with Gasteiger partial charge in [-0.05, 0) is 66.6 Å². The smallest absolute Gasteiger partial charge is 0.343 e. The van der Waals surface area contributed by atoms with Crippen LogP contribution >= 0.6 is 0 Å². The monoisotopic (exact) mass is 509 g/mol. The van der Waals surface area contributed by atoms with Crippen LogP contribution in [0.5, 0.6) is 11.5 Å². The molecule has 0 radical (unpaired) electrons. The number of hydrazone groups is 1. The molecule has 2 amide bonds. The third-order valence-corrected chi connectivity index (χ3v) is 5.72. The number of aryl methyl sites for hydroxylation is 1. The molecule has 0 atom stereocenters. The average Bonchev–Trinajstić information content (AvgIpc) is 2.93. The molecule has 0 aliphatic heterocycles. The van der Waals surface area contributed by atoms with Crippen LogP contribution in [-0.2, 0) is 4.79 Å². The van der Waals surface area contributed by atoms with Gasteiger partial charge < -0.3 is 14.8 Å². The van der Waals surface area contributed by atoms with Gasteiger partial charge in [0.25, 0.3) is 11.8 Å². The quantitative estimate of drug-likeness (QED) is 0.148. The van der Waals surface area contributed by atoms with Crippen LogP contribution < -0.4 is 20.2 Å². The van der Waals surface area contributed by atoms with E-state index in [4.69, 9.17) is 9.47 Å². The lowest BCUT2D eigenvalue weighted by atomic mass is 10.0. The summed E-state index contributed by atoms with van der Waals surface area (Å²) < 4.78 is 11.1. The van der Waals surface area contributed by atoms with Gasteiger partial charge in [0.2, 0.25) is 0 Å². The van der Waals surface area contributed by atoms with Crippen molar-refractivity contribution in [3.8, 4) is 11.5 Å². The van der Waals surface area contributed by atoms with Crippen LogP contribution in [0.1, 0.15) is 38.8 Å². The van der Waals surface area contributed by atoms with Gasteiger partial charge in [-0.3, -0.25) is 9.59 Å². The summed E-state index contributed by atoms with van der Waals surface area (Å²) in [4.78, 5) is 37.5. The van der Waals surface area contributed by atoms with Crippen molar-refractivity contribution in [1.29, 1.82) is 0 Å². The minimum atomic E-state index is -0.541. The first-order valence-corrected chi connectivity index (χ1v) is 12.1. The average molecular weight is 510 g/mol. The summed E-state index contributed by atoms with van der Waals surface area (Å²) in [6.07, 6.45) is 1.42. The number of ether oxygens (including phenoxy) is 2. The minimum Gasteiger partial charge on any atom is -0.494 e. The molecule has 0 saturated carbocycles. The first kappa shape index (κ1) is 26.1. The molecule has 0 heterocycles. The largest absolute Gasteiger partial charge is 0.494 e. The summed E-state index contributed by atoms with van der Waals surface area (Å²) in [6, 6.07) is 24.9. The van der Waals surface area contributed by atoms with Crippen molar-refractivity contribution in [2.24, 2.45) is 5.10 Å². The van der Waals surface area contributed by atoms with Gasteiger partial charge in [0.1, 0.15) is 11.5 Å². The second-order valence-electron chi connectivity index (χ2n) is 8.34. The van der Waals surface area contributed by atoms with Gasteiger partial charge in [-0.25, -0.2) is 10.2 Å². The molecule has 38 heavy (non-hydrogen) atoms. The molecule has 0 aromatic heterocycles. The number of nitrogens with one attached hydrogen (secondary N) is 2. The summed E-state index contributed by atoms with van der Waals surface area (Å²) in [5.74, 6) is -0.445. The van der Waals surface area contributed by atoms with Crippen LogP contribution in [0.4, 0.5) is 0 Å². The summed E-state index contributed by atoms with van der Waals surface area (Å²) in [5.41, 5.74) is 4.60. The summed E-state index contributed by atoms with van der Waals surface area (Å²) in [6.45, 7) is 3.98. The van der Waals surface area contributed by atoms with E-state index in [2.05, 4.69) is 15.8 Å². The molecule has 0 spiro atoms. The lowest BCUT2D eigenvalue weighted by molar-refractivity contribution is -0.120. The third-order valence-electron chi connectivity index (χ3n) is 5.72. The lowest BCUT2D eigenvalue weighted by Crippen LogP contribution is -2.35. The molecule has 0 bridgehead atoms. The number of carbonyl (C=O) groups is 3. The van der Waals surface area contributed by atoms with Gasteiger partial charge in [0.15, 0.2) is 0 Å². The second kappa shape index (κ2) is 12.3. The molecule has 0 fully saturated rings. The predicted molar refractivity (Wildman–Crippen MR) is 146 cm³/mol. The highest BCUT2D eigenvalue weighted by atomic mass is 16.5. The van der Waals surface area contributed by atoms with Crippen molar-refractivity contribution in [2.75, 3.05) is 13.2 Å². The van der Waals surface area contributed by atoms with E-state index in [1.54, 1.807) is 42.5 Å². The normalized spacial score (nSPS) is 10.8. The molecule has 4 aromatic rings. The fourth-order valence-electron chi connectivity index (χ4n) is 3.80. The van der Waals surface area contributed by atoms with Crippen molar-refractivity contribution in [3.63, 3.8) is 0 Å². The Bertz CT molecular complexity index is 1500. The number of hydrogen-bond donors (Lipinski definition) is 2. The van der Waals surface area contributed by atoms with E-state index in [9.17, 15) is 14.4 Å². The second-order valence-corrected chi connectivity index (χ2v) is 8.34. The van der Waals surface area contributed by atoms with E-state index in [-0.39, 0.29) is 18.2 Å². The van der Waals surface area contributed by atoms with Gasteiger partial charge in [0, 0.05) is 11.1 Å². The predicted octanol–water partition coefficient (Wildman–Crippen LogP) is 4.65. The molecule has 2 N–H and O–H groups in total. The van der Waals surface area contributed by atoms with Crippen molar-refractivity contribution in [3.05, 3.63) is 107 Å². The Hall–Kier alpha value is -4.98. The van der Waals surface area contributed by atoms with Crippen LogP contribution in [0, 0.1) is 6.92 Å². The van der Waals surface area contributed by atoms with Crippen LogP contribution in [0.25, 0.3) is 10.8 Å². The zero-order valence-corrected chi connectivity index (χ0v) is 21.1. The molecular weight excluding hydrogens is 482 g/mol. The number of fused-ring (bicyclic) bond motifs is 1. The maximum atomic E-state index is 12.8. The zero-order valence-electron chi connectivity index (χ0n) is 21.1. The van der Waals surface area contributed by atoms with Crippen LogP contribution in [0.2, 0.25) is 0 Å². The van der Waals surface area contributed by atoms with Gasteiger partial charge >= 0.3 is 5.97 Å². The summed E-state index contributed by atoms with van der Waals surface area (Å²) in [7, 11) is 0. The molecular formula is C30H27N3O5. The molecule has 8 nitrogen and oxygen atoms in total. The summed E-state index contributed by atoms with van der Waals surface area (Å²) >= 11 is 0. The van der Waals surface area contributed by atoms with Crippen molar-refractivity contribution in [2.45, 2.75) is 13.8 Å². The van der Waals surface area contributed by atoms with Gasteiger partial charge in [-0.1, -0.05) is 48.5 Å². The molecule has 192 valence electrons. The molecule has 0 aliphatic carbocycles. The lowest BCUT2D eigenvalue weighted by Gasteiger charge is -2.11. The molecule has 0 aliphatic rings. The Morgan fingerprint density at radius 2 is 1.63 bits per heavy atom. The Kier molecular flexibility index (Phi) is 8.46. The standard InChI is InChI=1S/C30H27N3O5/c1-3-37-23-15-12-22(13-16-23)30(36)38-27-17-14-21-9-5-7-11-25(21)26(27)18-32-33-28(34)19-31-29(35)24-10-6-4-8-20(24)2/h4-18H,3,19H2,1-2H3,(H,31,35)(H,33,34)/b32-18+. The minimum absolute atomic E-state index is 0.250. The highest BCUT2D eigenvalue weighted by Gasteiger charge is 2.14. The molecule has 0 unspecified atom stereocenters. The van der Waals surface area contributed by atoms with E-state index in [1.165, 1.54) is 6.21 Å². The van der Waals surface area contributed by atoms with Crippen molar-refractivity contribution >= 4 is 34.8 Å². The number of nitrogens with zero attached hydrogens (tertiary/aromatic N) is 1. The summed E-state index contributed by atoms with van der Waals surface area (Å²) in [5, 5.41) is 8.33. The molecule has 4 aromatic carbocycles. The zero-order chi connectivity index (χ0) is 26.9. The molecule has 0 saturated heterocycles. The van der Waals surface area contributed by atoms with E-state index >= 15 is 0 Å². The van der Waals surface area contributed by atoms with E-state index < -0.39 is 11.9 Å². The van der Waals surface area contributed by atoms with E-state index in [0.29, 0.717) is 29.0 Å². The van der Waals surface area contributed by atoms with Crippen LogP contribution in [0.3, 0.4) is 0 Å². The number of benzene rings is 4. The first-order chi connectivity index (χ1) is 18.5. The Morgan fingerprint density at radius 1 is 0.895 bits per heavy atom. The van der Waals surface area contributed by atoms with Gasteiger partial charge in [-0.15, -0.1) is 0 Å². The van der Waals surface area contributed by atoms with Crippen LogP contribution in [-0.4, -0.2) is 37.1 Å². The van der Waals surface area contributed by atoms with E-state index in [1.807, 2.05) is 56.3 Å². The topological polar surface area (TPSA) is 106 Å². The number of esters is 1. The van der Waals surface area contributed by atoms with Crippen LogP contribution in [0.15, 0.2) is 90.0 Å². The highest BCUT2D eigenvalue weighted by Crippen LogP contribution is 2.27. The van der Waals surface area contributed by atoms with Gasteiger partial charge in [-0.2, -0.15) is 5.10 Å². The third kappa shape index (κ3) is 6.41. The Balaban J connectivity index is 1.46. The maximum Gasteiger partial charge on any atom is 0.343 e. The van der Waals surface area contributed by atoms with Crippen molar-refractivity contribution in [1.82, 2.24) is 10.7 Å². The number of rotatable bonds is 9. The highest BCUT2D eigenvalue weighted by molar-refractivity contribution is 6.04. The number of hydrogen-bond acceptors (Lipinski definition) is 6. The Morgan fingerprint density at radius 3 is 2.39 bits per heavy atom. The maximum absolute atomic E-state index is 12.8. The number of carbonyl (C=O) groups excluding carboxylic acids is 3.